The third-order valence-electron chi connectivity index (χ3n) is 5.24. The van der Waals surface area contributed by atoms with E-state index < -0.39 is 28.0 Å². The van der Waals surface area contributed by atoms with Gasteiger partial charge >= 0.3 is 0 Å². The lowest BCUT2D eigenvalue weighted by Crippen LogP contribution is -2.49. The van der Waals surface area contributed by atoms with Gasteiger partial charge in [-0.3, -0.25) is 9.59 Å². The maximum Gasteiger partial charge on any atom is 0.234 e. The first-order chi connectivity index (χ1) is 14.8. The number of hydrogen-bond acceptors (Lipinski definition) is 5. The summed E-state index contributed by atoms with van der Waals surface area (Å²) in [5.41, 5.74) is -0.391. The number of pyridine rings is 1. The molecule has 1 fully saturated rings. The van der Waals surface area contributed by atoms with Crippen LogP contribution in [0.4, 0.5) is 18.9 Å². The molecule has 1 unspecified atom stereocenters. The molecule has 1 saturated heterocycles. The van der Waals surface area contributed by atoms with Gasteiger partial charge in [-0.1, -0.05) is 0 Å². The number of carbonyl (C=O) groups excluding carboxylic acids is 1. The highest BCUT2D eigenvalue weighted by atomic mass is 127. The number of nitrogens with one attached hydrogen (secondary N) is 1. The Kier molecular flexibility index (Phi) is 6.31. The van der Waals surface area contributed by atoms with Crippen molar-refractivity contribution in [3.8, 4) is 5.69 Å². The molecule has 1 N–H and O–H groups in total. The summed E-state index contributed by atoms with van der Waals surface area (Å²) in [6, 6.07) is 5.73. The van der Waals surface area contributed by atoms with E-state index >= 15 is 4.39 Å². The minimum absolute atomic E-state index is 0.0508. The minimum atomic E-state index is -0.868. The van der Waals surface area contributed by atoms with Gasteiger partial charge in [-0.25, -0.2) is 13.2 Å². The first-order valence-corrected chi connectivity index (χ1v) is 12.8. The highest BCUT2D eigenvalue weighted by Gasteiger charge is 2.23. The topological polar surface area (TPSA) is 54.3 Å². The third kappa shape index (κ3) is 4.20. The average Bonchev–Trinajstić information content (AvgIpc) is 2.74. The molecular weight excluding hydrogens is 542 g/mol. The van der Waals surface area contributed by atoms with Gasteiger partial charge < -0.3 is 14.8 Å². The van der Waals surface area contributed by atoms with Crippen LogP contribution >= 0.6 is 30.1 Å². The summed E-state index contributed by atoms with van der Waals surface area (Å²) >= 11 is 1.75. The van der Waals surface area contributed by atoms with Crippen LogP contribution in [0.15, 0.2) is 41.3 Å². The molecule has 31 heavy (non-hydrogen) atoms. The van der Waals surface area contributed by atoms with Crippen molar-refractivity contribution < 1.29 is 18.0 Å². The second-order valence-corrected chi connectivity index (χ2v) is 9.17. The van der Waals surface area contributed by atoms with E-state index in [0.717, 1.165) is 27.1 Å². The molecule has 1 aromatic heterocycles. The highest BCUT2D eigenvalue weighted by molar-refractivity contribution is 14.2. The molecule has 4 rings (SSSR count). The van der Waals surface area contributed by atoms with Gasteiger partial charge in [-0.2, -0.15) is 0 Å². The summed E-state index contributed by atoms with van der Waals surface area (Å²) in [6.07, 6.45) is 1.23. The van der Waals surface area contributed by atoms with Crippen LogP contribution in [0.1, 0.15) is 17.3 Å². The van der Waals surface area contributed by atoms with E-state index in [4.69, 9.17) is 0 Å². The first kappa shape index (κ1) is 22.2. The molecule has 3 aromatic rings. The molecule has 0 aliphatic carbocycles. The Bertz CT molecular complexity index is 1250. The van der Waals surface area contributed by atoms with Crippen molar-refractivity contribution in [1.29, 1.82) is 0 Å². The lowest BCUT2D eigenvalue weighted by atomic mass is 10.1. The van der Waals surface area contributed by atoms with E-state index in [1.807, 2.05) is 11.8 Å². The molecule has 0 saturated carbocycles. The largest absolute Gasteiger partial charge is 0.366 e. The second-order valence-electron chi connectivity index (χ2n) is 7.32. The van der Waals surface area contributed by atoms with Crippen molar-refractivity contribution in [2.75, 3.05) is 24.5 Å². The van der Waals surface area contributed by atoms with Crippen LogP contribution in [0, 0.1) is 17.5 Å². The number of nitrogens with zero attached hydrogens (tertiary/aromatic N) is 2. The smallest absolute Gasteiger partial charge is 0.234 e. The lowest BCUT2D eigenvalue weighted by Gasteiger charge is -2.34. The molecule has 2 aromatic carbocycles. The van der Waals surface area contributed by atoms with E-state index in [0.29, 0.717) is 19.6 Å². The molecule has 1 aliphatic heterocycles. The Morgan fingerprint density at radius 1 is 1.16 bits per heavy atom. The van der Waals surface area contributed by atoms with E-state index in [1.54, 1.807) is 21.2 Å². The second kappa shape index (κ2) is 8.83. The number of benzene rings is 2. The number of piperazine rings is 1. The maximum absolute atomic E-state index is 15.1. The highest BCUT2D eigenvalue weighted by Crippen LogP contribution is 2.29. The number of fused-ring (bicyclic) bond motifs is 1. The third-order valence-corrected chi connectivity index (χ3v) is 6.80. The van der Waals surface area contributed by atoms with Crippen molar-refractivity contribution in [2.45, 2.75) is 13.0 Å². The first-order valence-electron chi connectivity index (χ1n) is 9.45. The Morgan fingerprint density at radius 3 is 2.58 bits per heavy atom. The van der Waals surface area contributed by atoms with Crippen LogP contribution in [0.3, 0.4) is 0 Å². The fraction of sp³-hybridized carbons (Fsp3) is 0.238. The van der Waals surface area contributed by atoms with Crippen molar-refractivity contribution in [2.24, 2.45) is 0 Å². The number of aromatic nitrogens is 1. The lowest BCUT2D eigenvalue weighted by molar-refractivity contribution is 0.108. The van der Waals surface area contributed by atoms with Gasteiger partial charge in [0, 0.05) is 64.5 Å². The molecule has 0 spiro atoms. The Labute approximate surface area is 192 Å². The SMILES string of the molecule is CC1CN(c2cc3c(cc2F)c(=O)c(C(=O)SI)cn3-c2ccc(F)cc2F)CCN1. The Hall–Kier alpha value is -2.05. The predicted molar refractivity (Wildman–Crippen MR) is 125 cm³/mol. The molecule has 0 bridgehead atoms. The van der Waals surface area contributed by atoms with Gasteiger partial charge in [-0.15, -0.1) is 0 Å². The number of halogens is 4. The zero-order chi connectivity index (χ0) is 22.3. The molecule has 5 nitrogen and oxygen atoms in total. The van der Waals surface area contributed by atoms with Gasteiger partial charge in [-0.05, 0) is 40.1 Å². The van der Waals surface area contributed by atoms with E-state index in [1.165, 1.54) is 22.9 Å². The van der Waals surface area contributed by atoms with Crippen LogP contribution in [-0.4, -0.2) is 35.4 Å². The Balaban J connectivity index is 2.03. The molecule has 0 amide bonds. The fourth-order valence-corrected chi connectivity index (χ4v) is 4.73. The van der Waals surface area contributed by atoms with Crippen LogP contribution in [-0.2, 0) is 0 Å². The average molecular weight is 559 g/mol. The molecular formula is C21H17F3IN3O2S. The summed E-state index contributed by atoms with van der Waals surface area (Å²) in [6.45, 7) is 3.76. The van der Waals surface area contributed by atoms with Crippen molar-refractivity contribution in [1.82, 2.24) is 9.88 Å². The van der Waals surface area contributed by atoms with Crippen LogP contribution < -0.4 is 15.6 Å². The quantitative estimate of drug-likeness (QED) is 0.482. The molecule has 0 radical (unpaired) electrons. The predicted octanol–water partition coefficient (Wildman–Crippen LogP) is 4.43. The van der Waals surface area contributed by atoms with Gasteiger partial charge in [0.1, 0.15) is 17.5 Å². The molecule has 1 aliphatic rings. The standard InChI is InChI=1S/C21H17F3IN3O2S/c1-11-9-27(5-4-26-11)19-8-18-13(7-16(19)24)20(29)14(21(30)31-25)10-28(18)17-3-2-12(22)6-15(17)23/h2-3,6-8,10-11,26H,4-5,9H2,1H3. The van der Waals surface area contributed by atoms with Crippen LogP contribution in [0.25, 0.3) is 16.6 Å². The van der Waals surface area contributed by atoms with Crippen molar-refractivity contribution in [3.05, 3.63) is 69.8 Å². The molecule has 2 heterocycles. The van der Waals surface area contributed by atoms with Crippen molar-refractivity contribution >= 4 is 51.8 Å². The van der Waals surface area contributed by atoms with E-state index in [9.17, 15) is 18.4 Å². The van der Waals surface area contributed by atoms with Gasteiger partial charge in [0.2, 0.25) is 10.5 Å². The van der Waals surface area contributed by atoms with Gasteiger partial charge in [0.05, 0.1) is 22.5 Å². The molecule has 10 heteroatoms. The summed E-state index contributed by atoms with van der Waals surface area (Å²) in [5, 5.41) is 2.69. The normalized spacial score (nSPS) is 16.7. The van der Waals surface area contributed by atoms with Crippen molar-refractivity contribution in [3.63, 3.8) is 0 Å². The number of hydrogen-bond donors (Lipinski definition) is 1. The van der Waals surface area contributed by atoms with E-state index in [2.05, 4.69) is 5.32 Å². The minimum Gasteiger partial charge on any atom is -0.366 e. The summed E-state index contributed by atoms with van der Waals surface area (Å²) < 4.78 is 44.5. The molecule has 1 atom stereocenters. The van der Waals surface area contributed by atoms with E-state index in [-0.39, 0.29) is 33.9 Å². The number of carbonyl (C=O) groups is 1. The summed E-state index contributed by atoms with van der Waals surface area (Å²) in [4.78, 5) is 27.1. The monoisotopic (exact) mass is 559 g/mol. The number of anilines is 1. The summed E-state index contributed by atoms with van der Waals surface area (Å²) in [7, 11) is 0.797. The van der Waals surface area contributed by atoms with Gasteiger partial charge in [0.15, 0.2) is 0 Å². The zero-order valence-electron chi connectivity index (χ0n) is 16.3. The van der Waals surface area contributed by atoms with Crippen LogP contribution in [0.2, 0.25) is 0 Å². The maximum atomic E-state index is 15.1. The van der Waals surface area contributed by atoms with Gasteiger partial charge in [0.25, 0.3) is 0 Å². The Morgan fingerprint density at radius 2 is 1.90 bits per heavy atom. The fourth-order valence-electron chi connectivity index (χ4n) is 3.79. The summed E-state index contributed by atoms with van der Waals surface area (Å²) in [5.74, 6) is -2.23. The number of rotatable bonds is 3. The van der Waals surface area contributed by atoms with Crippen LogP contribution in [0.5, 0.6) is 0 Å². The zero-order valence-corrected chi connectivity index (χ0v) is 19.3. The molecule has 162 valence electrons.